The van der Waals surface area contributed by atoms with Crippen LogP contribution in [0, 0.1) is 17.5 Å². The number of hydrogen-bond donors (Lipinski definition) is 1. The Kier molecular flexibility index (Phi) is 8.17. The number of nitrogens with one attached hydrogen (secondary N) is 1. The highest BCUT2D eigenvalue weighted by Crippen LogP contribution is 2.37. The molecule has 1 aliphatic heterocycles. The van der Waals surface area contributed by atoms with Crippen molar-refractivity contribution >= 4 is 16.6 Å². The topological polar surface area (TPSA) is 47.6 Å². The van der Waals surface area contributed by atoms with Crippen molar-refractivity contribution < 1.29 is 27.4 Å². The Hall–Kier alpha value is -3.84. The minimum absolute atomic E-state index is 0.0453. The van der Waals surface area contributed by atoms with E-state index in [-0.39, 0.29) is 11.1 Å². The van der Waals surface area contributed by atoms with Gasteiger partial charge in [0.15, 0.2) is 5.78 Å². The van der Waals surface area contributed by atoms with Crippen molar-refractivity contribution in [2.75, 3.05) is 20.3 Å². The van der Waals surface area contributed by atoms with Crippen molar-refractivity contribution in [1.29, 1.82) is 0 Å². The smallest absolute Gasteiger partial charge is 0.194 e. The zero-order valence-corrected chi connectivity index (χ0v) is 21.7. The highest BCUT2D eigenvalue weighted by molar-refractivity contribution is 6.20. The van der Waals surface area contributed by atoms with Crippen LogP contribution in [0.3, 0.4) is 0 Å². The third-order valence-corrected chi connectivity index (χ3v) is 7.24. The van der Waals surface area contributed by atoms with Crippen molar-refractivity contribution in [1.82, 2.24) is 5.32 Å². The molecule has 202 valence electrons. The van der Waals surface area contributed by atoms with E-state index in [2.05, 4.69) is 5.32 Å². The molecule has 1 fully saturated rings. The lowest BCUT2D eigenvalue weighted by atomic mass is 9.89. The molecule has 0 bridgehead atoms. The predicted octanol–water partition coefficient (Wildman–Crippen LogP) is 7.46. The van der Waals surface area contributed by atoms with Crippen LogP contribution in [0.1, 0.15) is 48.0 Å². The molecular weight excluding hydrogens is 503 g/mol. The molecule has 0 aromatic heterocycles. The average molecular weight is 534 g/mol. The predicted molar refractivity (Wildman–Crippen MR) is 146 cm³/mol. The molecule has 1 N–H and O–H groups in total. The number of hydrogen-bond acceptors (Lipinski definition) is 4. The highest BCUT2D eigenvalue weighted by Gasteiger charge is 2.24. The van der Waals surface area contributed by atoms with Gasteiger partial charge in [-0.1, -0.05) is 25.0 Å². The van der Waals surface area contributed by atoms with Gasteiger partial charge in [-0.3, -0.25) is 4.79 Å². The molecule has 1 atom stereocenters. The summed E-state index contributed by atoms with van der Waals surface area (Å²) in [7, 11) is 1.53. The summed E-state index contributed by atoms with van der Waals surface area (Å²) in [6.45, 7) is 1.60. The Bertz CT molecular complexity index is 1460. The minimum atomic E-state index is -1.08. The van der Waals surface area contributed by atoms with Crippen molar-refractivity contribution in [2.24, 2.45) is 0 Å². The summed E-state index contributed by atoms with van der Waals surface area (Å²) in [5.41, 5.74) is 0.0429. The van der Waals surface area contributed by atoms with Gasteiger partial charge >= 0.3 is 0 Å². The highest BCUT2D eigenvalue weighted by atomic mass is 19.1. The Morgan fingerprint density at radius 2 is 1.64 bits per heavy atom. The number of ketones is 1. The van der Waals surface area contributed by atoms with E-state index in [0.29, 0.717) is 52.6 Å². The summed E-state index contributed by atoms with van der Waals surface area (Å²) in [6.07, 6.45) is 5.73. The lowest BCUT2D eigenvalue weighted by Crippen LogP contribution is -2.29. The molecule has 5 rings (SSSR count). The number of methoxy groups -OCH3 is 1. The zero-order chi connectivity index (χ0) is 27.4. The van der Waals surface area contributed by atoms with Crippen molar-refractivity contribution in [3.05, 3.63) is 95.3 Å². The minimum Gasteiger partial charge on any atom is -0.497 e. The van der Waals surface area contributed by atoms with Crippen molar-refractivity contribution in [3.63, 3.8) is 0 Å². The van der Waals surface area contributed by atoms with Crippen LogP contribution >= 0.6 is 0 Å². The molecule has 7 heteroatoms. The molecule has 4 aromatic rings. The summed E-state index contributed by atoms with van der Waals surface area (Å²) in [4.78, 5) is 13.9. The summed E-state index contributed by atoms with van der Waals surface area (Å²) in [5.74, 6) is -2.40. The van der Waals surface area contributed by atoms with Crippen molar-refractivity contribution in [3.8, 4) is 22.6 Å². The second-order valence-corrected chi connectivity index (χ2v) is 9.81. The van der Waals surface area contributed by atoms with Crippen LogP contribution in [0.25, 0.3) is 21.9 Å². The monoisotopic (exact) mass is 533 g/mol. The van der Waals surface area contributed by atoms with Crippen LogP contribution in [0.5, 0.6) is 11.5 Å². The number of fused-ring (bicyclic) bond motifs is 1. The molecule has 1 heterocycles. The summed E-state index contributed by atoms with van der Waals surface area (Å²) in [5, 5.41) is 4.72. The third-order valence-electron chi connectivity index (χ3n) is 7.24. The molecule has 4 nitrogen and oxygen atoms in total. The van der Waals surface area contributed by atoms with Gasteiger partial charge in [-0.25, -0.2) is 13.2 Å². The lowest BCUT2D eigenvalue weighted by Gasteiger charge is -2.16. The fraction of sp³-hybridized carbons (Fsp3) is 0.281. The van der Waals surface area contributed by atoms with Gasteiger partial charge in [0.05, 0.1) is 19.3 Å². The second kappa shape index (κ2) is 11.9. The SMILES string of the molecule is COc1ccc2c(C(=O)c3ccc(OCCC4CCCCCN4)cc3)c(-c3c(F)cc(F)cc3F)ccc2c1. The normalized spacial score (nSPS) is 15.6. The largest absolute Gasteiger partial charge is 0.497 e. The van der Waals surface area contributed by atoms with E-state index < -0.39 is 28.8 Å². The van der Waals surface area contributed by atoms with Crippen LogP contribution in [-0.4, -0.2) is 32.1 Å². The number of carbonyl (C=O) groups excluding carboxylic acids is 1. The van der Waals surface area contributed by atoms with E-state index in [1.165, 1.54) is 32.4 Å². The molecule has 0 spiro atoms. The van der Waals surface area contributed by atoms with Gasteiger partial charge in [0.25, 0.3) is 0 Å². The van der Waals surface area contributed by atoms with Crippen LogP contribution in [0.15, 0.2) is 66.7 Å². The Morgan fingerprint density at radius 3 is 2.38 bits per heavy atom. The van der Waals surface area contributed by atoms with Gasteiger partial charge in [-0.05, 0) is 84.6 Å². The number of carbonyl (C=O) groups is 1. The molecular formula is C32H30F3NO3. The molecule has 0 amide bonds. The van der Waals surface area contributed by atoms with E-state index >= 15 is 0 Å². The molecule has 0 aliphatic carbocycles. The summed E-state index contributed by atoms with van der Waals surface area (Å²) < 4.78 is 54.6. The average Bonchev–Trinajstić information content (AvgIpc) is 3.21. The molecule has 39 heavy (non-hydrogen) atoms. The molecule has 1 unspecified atom stereocenters. The lowest BCUT2D eigenvalue weighted by molar-refractivity contribution is 0.104. The number of halogens is 3. The molecule has 1 aliphatic rings. The van der Waals surface area contributed by atoms with Gasteiger partial charge in [0.2, 0.25) is 0 Å². The van der Waals surface area contributed by atoms with Gasteiger partial charge in [0, 0.05) is 29.3 Å². The fourth-order valence-corrected chi connectivity index (χ4v) is 5.20. The van der Waals surface area contributed by atoms with Crippen LogP contribution < -0.4 is 14.8 Å². The quantitative estimate of drug-likeness (QED) is 0.239. The maximum atomic E-state index is 14.9. The number of rotatable bonds is 8. The van der Waals surface area contributed by atoms with Crippen LogP contribution in [0.4, 0.5) is 13.2 Å². The number of ether oxygens (including phenoxy) is 2. The van der Waals surface area contributed by atoms with Gasteiger partial charge in [-0.15, -0.1) is 0 Å². The first-order valence-electron chi connectivity index (χ1n) is 13.2. The standard InChI is InChI=1S/C32H30F3NO3/c1-38-25-11-13-26-21(17-25)8-12-27(31-28(34)18-22(33)19-29(31)35)30(26)32(37)20-6-9-24(10-7-20)39-16-14-23-5-3-2-4-15-36-23/h6-13,17-19,23,36H,2-5,14-16H2,1H3. The molecule has 4 aromatic carbocycles. The zero-order valence-electron chi connectivity index (χ0n) is 21.7. The fourth-order valence-electron chi connectivity index (χ4n) is 5.20. The Balaban J connectivity index is 1.46. The first-order chi connectivity index (χ1) is 18.9. The Morgan fingerprint density at radius 1 is 0.897 bits per heavy atom. The second-order valence-electron chi connectivity index (χ2n) is 9.81. The maximum Gasteiger partial charge on any atom is 0.194 e. The van der Waals surface area contributed by atoms with E-state index in [9.17, 15) is 18.0 Å². The van der Waals surface area contributed by atoms with Gasteiger partial charge < -0.3 is 14.8 Å². The van der Waals surface area contributed by atoms with E-state index in [0.717, 1.165) is 19.4 Å². The van der Waals surface area contributed by atoms with E-state index in [1.807, 2.05) is 0 Å². The third kappa shape index (κ3) is 5.93. The van der Waals surface area contributed by atoms with E-state index in [1.54, 1.807) is 48.5 Å². The Labute approximate surface area is 225 Å². The maximum absolute atomic E-state index is 14.9. The summed E-state index contributed by atoms with van der Waals surface area (Å²) in [6, 6.07) is 16.7. The van der Waals surface area contributed by atoms with Gasteiger partial charge in [0.1, 0.15) is 29.0 Å². The first-order valence-corrected chi connectivity index (χ1v) is 13.2. The van der Waals surface area contributed by atoms with Crippen LogP contribution in [0.2, 0.25) is 0 Å². The van der Waals surface area contributed by atoms with E-state index in [4.69, 9.17) is 9.47 Å². The molecule has 0 radical (unpaired) electrons. The summed E-state index contributed by atoms with van der Waals surface area (Å²) >= 11 is 0. The molecule has 1 saturated heterocycles. The first kappa shape index (κ1) is 26.8. The van der Waals surface area contributed by atoms with Crippen LogP contribution in [-0.2, 0) is 0 Å². The van der Waals surface area contributed by atoms with Gasteiger partial charge in [-0.2, -0.15) is 0 Å². The number of benzene rings is 4. The molecule has 0 saturated carbocycles. The van der Waals surface area contributed by atoms with Crippen molar-refractivity contribution in [2.45, 2.75) is 38.1 Å².